The van der Waals surface area contributed by atoms with E-state index in [4.69, 9.17) is 9.47 Å². The van der Waals surface area contributed by atoms with Gasteiger partial charge in [-0.1, -0.05) is 42.5 Å². The maximum Gasteiger partial charge on any atom is 0.573 e. The number of rotatable bonds is 7. The molecule has 5 rings (SSSR count). The first-order valence-electron chi connectivity index (χ1n) is 11.8. The van der Waals surface area contributed by atoms with Crippen LogP contribution in [0.1, 0.15) is 24.2 Å². The van der Waals surface area contributed by atoms with Gasteiger partial charge in [-0.3, -0.25) is 9.36 Å². The van der Waals surface area contributed by atoms with Crippen molar-refractivity contribution in [2.24, 2.45) is 0 Å². The fourth-order valence-corrected chi connectivity index (χ4v) is 4.45. The smallest absolute Gasteiger partial charge is 0.496 e. The number of alkyl halides is 3. The van der Waals surface area contributed by atoms with Gasteiger partial charge < -0.3 is 14.2 Å². The summed E-state index contributed by atoms with van der Waals surface area (Å²) in [6.07, 6.45) is -3.48. The van der Waals surface area contributed by atoms with E-state index in [1.807, 2.05) is 54.6 Å². The Labute approximate surface area is 216 Å². The highest BCUT2D eigenvalue weighted by Crippen LogP contribution is 2.30. The van der Waals surface area contributed by atoms with Crippen molar-refractivity contribution in [2.75, 3.05) is 7.11 Å². The van der Waals surface area contributed by atoms with Crippen LogP contribution in [-0.2, 0) is 16.0 Å². The third kappa shape index (κ3) is 5.27. The molecule has 1 heterocycles. The minimum atomic E-state index is -4.74. The van der Waals surface area contributed by atoms with Gasteiger partial charge in [0.25, 0.3) is 0 Å². The molecule has 0 saturated heterocycles. The number of hydrogen-bond donors (Lipinski definition) is 0. The lowest BCUT2D eigenvalue weighted by atomic mass is 10.0. The van der Waals surface area contributed by atoms with E-state index >= 15 is 0 Å². The van der Waals surface area contributed by atoms with E-state index in [1.54, 1.807) is 24.9 Å². The van der Waals surface area contributed by atoms with Crippen molar-refractivity contribution in [3.05, 3.63) is 96.3 Å². The highest BCUT2D eigenvalue weighted by molar-refractivity contribution is 6.05. The molecule has 0 bridgehead atoms. The van der Waals surface area contributed by atoms with Crippen LogP contribution in [0.15, 0.2) is 85.2 Å². The number of methoxy groups -OCH3 is 1. The molecular weight excluding hydrogens is 497 g/mol. The van der Waals surface area contributed by atoms with Crippen molar-refractivity contribution in [3.8, 4) is 17.2 Å². The monoisotopic (exact) mass is 520 g/mol. The maximum atomic E-state index is 12.7. The molecule has 38 heavy (non-hydrogen) atoms. The summed E-state index contributed by atoms with van der Waals surface area (Å²) in [6.45, 7) is 1.81. The number of nitrogens with zero attached hydrogens (tertiary/aromatic N) is 2. The topological polar surface area (TPSA) is 62.6 Å². The average Bonchev–Trinajstić information content (AvgIpc) is 3.32. The minimum absolute atomic E-state index is 0.105. The Kier molecular flexibility index (Phi) is 6.67. The van der Waals surface area contributed by atoms with Gasteiger partial charge in [-0.05, 0) is 54.3 Å². The summed E-state index contributed by atoms with van der Waals surface area (Å²) < 4.78 is 54.1. The molecule has 0 saturated carbocycles. The number of benzene rings is 4. The van der Waals surface area contributed by atoms with Gasteiger partial charge in [0.1, 0.15) is 23.9 Å². The number of halogens is 3. The van der Waals surface area contributed by atoms with Gasteiger partial charge in [0.15, 0.2) is 0 Å². The van der Waals surface area contributed by atoms with E-state index in [1.165, 1.54) is 24.3 Å². The first-order chi connectivity index (χ1) is 18.2. The van der Waals surface area contributed by atoms with Gasteiger partial charge in [0, 0.05) is 16.6 Å². The largest absolute Gasteiger partial charge is 0.573 e. The van der Waals surface area contributed by atoms with Crippen molar-refractivity contribution in [3.63, 3.8) is 0 Å². The Bertz CT molecular complexity index is 1610. The number of imidazole rings is 1. The highest BCUT2D eigenvalue weighted by atomic mass is 19.4. The summed E-state index contributed by atoms with van der Waals surface area (Å²) in [5.41, 5.74) is 3.76. The summed E-state index contributed by atoms with van der Waals surface area (Å²) >= 11 is 0. The minimum Gasteiger partial charge on any atom is -0.496 e. The van der Waals surface area contributed by atoms with Gasteiger partial charge in [-0.2, -0.15) is 0 Å². The van der Waals surface area contributed by atoms with Gasteiger partial charge in [0.05, 0.1) is 24.6 Å². The molecule has 4 aromatic carbocycles. The van der Waals surface area contributed by atoms with Gasteiger partial charge in [0.2, 0.25) is 0 Å². The number of hydrogen-bond acceptors (Lipinski definition) is 5. The molecule has 0 amide bonds. The Balaban J connectivity index is 1.34. The van der Waals surface area contributed by atoms with Crippen LogP contribution in [-0.4, -0.2) is 29.0 Å². The predicted octanol–water partition coefficient (Wildman–Crippen LogP) is 6.93. The second-order valence-corrected chi connectivity index (χ2v) is 8.70. The second kappa shape index (κ2) is 10.1. The molecule has 0 aliphatic carbocycles. The number of carbonyl (C=O) groups excluding carboxylic acids is 1. The van der Waals surface area contributed by atoms with Crippen molar-refractivity contribution >= 4 is 27.8 Å². The predicted molar refractivity (Wildman–Crippen MR) is 136 cm³/mol. The molecule has 0 radical (unpaired) electrons. The third-order valence-corrected chi connectivity index (χ3v) is 6.18. The third-order valence-electron chi connectivity index (χ3n) is 6.18. The Hall–Kier alpha value is -4.53. The summed E-state index contributed by atoms with van der Waals surface area (Å²) in [5.74, 6) is 0.0121. The van der Waals surface area contributed by atoms with E-state index in [9.17, 15) is 18.0 Å². The number of fused-ring (bicyclic) bond motifs is 3. The van der Waals surface area contributed by atoms with Crippen LogP contribution >= 0.6 is 0 Å². The molecule has 9 heteroatoms. The SMILES string of the molecule is COc1ccccc1C(C)OC(=O)Cc1ccc2c(ccc3c2ncn3-c2ccc(OC(F)(F)F)cc2)c1. The fraction of sp³-hybridized carbons (Fsp3) is 0.172. The maximum absolute atomic E-state index is 12.7. The first kappa shape index (κ1) is 25.1. The zero-order valence-corrected chi connectivity index (χ0v) is 20.5. The summed E-state index contributed by atoms with van der Waals surface area (Å²) in [4.78, 5) is 17.2. The molecule has 0 aliphatic heterocycles. The molecule has 0 spiro atoms. The Morgan fingerprint density at radius 1 is 1.00 bits per heavy atom. The summed E-state index contributed by atoms with van der Waals surface area (Å²) in [5, 5.41) is 1.79. The molecule has 0 fully saturated rings. The summed E-state index contributed by atoms with van der Waals surface area (Å²) in [6, 6.07) is 22.5. The van der Waals surface area contributed by atoms with Crippen molar-refractivity contribution in [2.45, 2.75) is 25.8 Å². The fourth-order valence-electron chi connectivity index (χ4n) is 4.45. The molecule has 1 unspecified atom stereocenters. The lowest BCUT2D eigenvalue weighted by Crippen LogP contribution is -2.17. The average molecular weight is 521 g/mol. The molecule has 1 atom stereocenters. The van der Waals surface area contributed by atoms with Crippen molar-refractivity contribution < 1.29 is 32.2 Å². The molecule has 6 nitrogen and oxygen atoms in total. The van der Waals surface area contributed by atoms with Crippen LogP contribution in [0, 0.1) is 0 Å². The van der Waals surface area contributed by atoms with E-state index in [0.29, 0.717) is 11.4 Å². The van der Waals surface area contributed by atoms with Gasteiger partial charge in [-0.25, -0.2) is 4.98 Å². The van der Waals surface area contributed by atoms with Crippen LogP contribution in [0.4, 0.5) is 13.2 Å². The number of aromatic nitrogens is 2. The van der Waals surface area contributed by atoms with Crippen LogP contribution in [0.5, 0.6) is 11.5 Å². The lowest BCUT2D eigenvalue weighted by Gasteiger charge is -2.16. The van der Waals surface area contributed by atoms with Crippen molar-refractivity contribution in [1.82, 2.24) is 9.55 Å². The summed E-state index contributed by atoms with van der Waals surface area (Å²) in [7, 11) is 1.58. The van der Waals surface area contributed by atoms with E-state index in [2.05, 4.69) is 9.72 Å². The molecule has 0 N–H and O–H groups in total. The highest BCUT2D eigenvalue weighted by Gasteiger charge is 2.31. The molecule has 0 aliphatic rings. The van der Waals surface area contributed by atoms with Crippen LogP contribution < -0.4 is 9.47 Å². The Morgan fingerprint density at radius 2 is 1.76 bits per heavy atom. The van der Waals surface area contributed by atoms with Crippen LogP contribution in [0.3, 0.4) is 0 Å². The number of esters is 1. The molecular formula is C29H23F3N2O4. The van der Waals surface area contributed by atoms with E-state index < -0.39 is 12.5 Å². The van der Waals surface area contributed by atoms with E-state index in [-0.39, 0.29) is 18.1 Å². The second-order valence-electron chi connectivity index (χ2n) is 8.70. The van der Waals surface area contributed by atoms with Crippen molar-refractivity contribution in [1.29, 1.82) is 0 Å². The van der Waals surface area contributed by atoms with Crippen LogP contribution in [0.2, 0.25) is 0 Å². The normalized spacial score (nSPS) is 12.4. The van der Waals surface area contributed by atoms with Gasteiger partial charge >= 0.3 is 12.3 Å². The van der Waals surface area contributed by atoms with E-state index in [0.717, 1.165) is 32.9 Å². The first-order valence-corrected chi connectivity index (χ1v) is 11.8. The Morgan fingerprint density at radius 3 is 2.50 bits per heavy atom. The number of para-hydroxylation sites is 1. The van der Waals surface area contributed by atoms with Crippen LogP contribution in [0.25, 0.3) is 27.5 Å². The standard InChI is InChI=1S/C29H23F3N2O4/c1-18(23-5-3-4-6-26(23)36-2)37-27(35)16-19-7-13-24-20(15-19)8-14-25-28(24)33-17-34(25)21-9-11-22(12-10-21)38-29(30,31)32/h3-15,17-18H,16H2,1-2H3. The molecule has 194 valence electrons. The number of ether oxygens (including phenoxy) is 3. The van der Waals surface area contributed by atoms with Gasteiger partial charge in [-0.15, -0.1) is 13.2 Å². The number of carbonyl (C=O) groups is 1. The molecule has 1 aromatic heterocycles. The zero-order valence-electron chi connectivity index (χ0n) is 20.5. The quantitative estimate of drug-likeness (QED) is 0.218. The zero-order chi connectivity index (χ0) is 26.9. The molecule has 5 aromatic rings. The lowest BCUT2D eigenvalue weighted by molar-refractivity contribution is -0.274.